The topological polar surface area (TPSA) is 127 Å². The molecule has 1 aromatic rings. The summed E-state index contributed by atoms with van der Waals surface area (Å²) in [6, 6.07) is 8.75. The number of aromatic hydroxyl groups is 1. The molecule has 112 valence electrons. The Morgan fingerprint density at radius 1 is 1.45 bits per heavy atom. The van der Waals surface area contributed by atoms with Crippen LogP contribution in [-0.4, -0.2) is 16.8 Å². The summed E-state index contributed by atoms with van der Waals surface area (Å²) in [7, 11) is 0. The molecule has 7 heteroatoms. The predicted octanol–water partition coefficient (Wildman–Crippen LogP) is 2.43. The lowest BCUT2D eigenvalue weighted by Gasteiger charge is -2.28. The first-order valence-corrected chi connectivity index (χ1v) is 7.36. The van der Waals surface area contributed by atoms with E-state index in [2.05, 4.69) is 6.07 Å². The van der Waals surface area contributed by atoms with Crippen LogP contribution in [0, 0.1) is 34.0 Å². The van der Waals surface area contributed by atoms with Crippen LogP contribution in [-0.2, 0) is 0 Å². The molecule has 1 aliphatic heterocycles. The van der Waals surface area contributed by atoms with E-state index in [0.29, 0.717) is 12.2 Å². The molecule has 2 atom stereocenters. The van der Waals surface area contributed by atoms with E-state index in [1.807, 2.05) is 6.07 Å². The largest absolute Gasteiger partial charge is 0.504 e. The normalized spacial score (nSPS) is 21.1. The van der Waals surface area contributed by atoms with Gasteiger partial charge < -0.3 is 15.6 Å². The Hall–Kier alpha value is -2.64. The fourth-order valence-corrected chi connectivity index (χ4v) is 3.16. The van der Waals surface area contributed by atoms with Crippen LogP contribution < -0.4 is 10.5 Å². The highest BCUT2D eigenvalue weighted by Crippen LogP contribution is 2.44. The fraction of sp³-hybridized carbons (Fsp3) is 0.267. The summed E-state index contributed by atoms with van der Waals surface area (Å²) in [4.78, 5) is 0. The lowest BCUT2D eigenvalue weighted by atomic mass is 9.81. The number of allylic oxidation sites excluding steroid dienone is 1. The van der Waals surface area contributed by atoms with Gasteiger partial charge in [0.05, 0.1) is 34.4 Å². The molecule has 0 radical (unpaired) electrons. The van der Waals surface area contributed by atoms with E-state index in [0.717, 1.165) is 11.8 Å². The van der Waals surface area contributed by atoms with E-state index >= 15 is 0 Å². The van der Waals surface area contributed by atoms with E-state index in [9.17, 15) is 15.6 Å². The van der Waals surface area contributed by atoms with Crippen LogP contribution >= 0.6 is 11.8 Å². The van der Waals surface area contributed by atoms with Crippen molar-refractivity contribution in [3.8, 4) is 23.6 Å². The molecule has 1 aliphatic rings. The van der Waals surface area contributed by atoms with Crippen molar-refractivity contribution in [2.45, 2.75) is 12.8 Å². The van der Waals surface area contributed by atoms with Gasteiger partial charge in [-0.05, 0) is 24.6 Å². The minimum Gasteiger partial charge on any atom is -0.504 e. The van der Waals surface area contributed by atoms with Crippen LogP contribution in [0.5, 0.6) is 11.5 Å². The van der Waals surface area contributed by atoms with Crippen molar-refractivity contribution >= 4 is 16.8 Å². The number of phenolic OH excluding ortho intramolecular Hbond substituents is 1. The molecule has 0 unspecified atom stereocenters. The summed E-state index contributed by atoms with van der Waals surface area (Å²) in [6.45, 7) is 2.16. The maximum Gasteiger partial charge on any atom is 0.161 e. The Labute approximate surface area is 132 Å². The van der Waals surface area contributed by atoms with Crippen LogP contribution in [0.15, 0.2) is 28.8 Å². The first kappa shape index (κ1) is 15.7. The van der Waals surface area contributed by atoms with Gasteiger partial charge in [-0.2, -0.15) is 10.5 Å². The van der Waals surface area contributed by atoms with Crippen molar-refractivity contribution in [3.05, 3.63) is 34.4 Å². The van der Waals surface area contributed by atoms with E-state index in [1.165, 1.54) is 6.07 Å². The summed E-state index contributed by atoms with van der Waals surface area (Å²) in [5.41, 5.74) is 6.71. The minimum atomic E-state index is -0.786. The molecule has 0 spiro atoms. The molecule has 0 fully saturated rings. The highest BCUT2D eigenvalue weighted by molar-refractivity contribution is 8.17. The van der Waals surface area contributed by atoms with Crippen molar-refractivity contribution in [2.24, 2.45) is 11.7 Å². The zero-order valence-corrected chi connectivity index (χ0v) is 12.6. The number of benzene rings is 1. The third-order valence-electron chi connectivity index (χ3n) is 3.31. The SMILES string of the molecule is CCOc1cc([C@H]2C(C#N)=C(N)SC(=N)[C@H]2C#N)ccc1O. The maximum atomic E-state index is 9.78. The molecule has 4 N–H and O–H groups in total. The van der Waals surface area contributed by atoms with Gasteiger partial charge >= 0.3 is 0 Å². The molecule has 1 heterocycles. The fourth-order valence-electron chi connectivity index (χ4n) is 2.32. The van der Waals surface area contributed by atoms with Gasteiger partial charge in [-0.25, -0.2) is 0 Å². The van der Waals surface area contributed by atoms with Crippen molar-refractivity contribution in [1.29, 1.82) is 15.9 Å². The van der Waals surface area contributed by atoms with E-state index in [4.69, 9.17) is 15.9 Å². The van der Waals surface area contributed by atoms with E-state index in [-0.39, 0.29) is 27.1 Å². The summed E-state index contributed by atoms with van der Waals surface area (Å²) >= 11 is 0.938. The number of rotatable bonds is 3. The van der Waals surface area contributed by atoms with E-state index < -0.39 is 11.8 Å². The quantitative estimate of drug-likeness (QED) is 0.786. The lowest BCUT2D eigenvalue weighted by molar-refractivity contribution is 0.317. The zero-order valence-electron chi connectivity index (χ0n) is 11.8. The zero-order chi connectivity index (χ0) is 16.3. The van der Waals surface area contributed by atoms with Gasteiger partial charge in [0.15, 0.2) is 11.5 Å². The third-order valence-corrected chi connectivity index (χ3v) is 4.23. The molecule has 0 aromatic heterocycles. The Morgan fingerprint density at radius 3 is 2.77 bits per heavy atom. The van der Waals surface area contributed by atoms with Gasteiger partial charge in [-0.15, -0.1) is 0 Å². The first-order valence-electron chi connectivity index (χ1n) is 6.54. The molecule has 0 amide bonds. The number of nitriles is 2. The highest BCUT2D eigenvalue weighted by Gasteiger charge is 2.37. The van der Waals surface area contributed by atoms with Crippen molar-refractivity contribution in [1.82, 2.24) is 0 Å². The van der Waals surface area contributed by atoms with Crippen molar-refractivity contribution < 1.29 is 9.84 Å². The highest BCUT2D eigenvalue weighted by atomic mass is 32.2. The molecule has 2 rings (SSSR count). The smallest absolute Gasteiger partial charge is 0.161 e. The summed E-state index contributed by atoms with van der Waals surface area (Å²) in [5.74, 6) is -1.17. The molecule has 1 aromatic carbocycles. The van der Waals surface area contributed by atoms with Crippen LogP contribution in [0.3, 0.4) is 0 Å². The molecule has 0 saturated heterocycles. The van der Waals surface area contributed by atoms with Crippen LogP contribution in [0.2, 0.25) is 0 Å². The van der Waals surface area contributed by atoms with Gasteiger partial charge in [-0.1, -0.05) is 17.8 Å². The molecule has 0 aliphatic carbocycles. The predicted molar refractivity (Wildman–Crippen MR) is 83.3 cm³/mol. The lowest BCUT2D eigenvalue weighted by Crippen LogP contribution is -2.26. The molecule has 0 saturated carbocycles. The monoisotopic (exact) mass is 314 g/mol. The Morgan fingerprint density at radius 2 is 2.18 bits per heavy atom. The number of nitrogens with one attached hydrogen (secondary N) is 1. The average molecular weight is 314 g/mol. The number of thioether (sulfide) groups is 1. The second kappa shape index (κ2) is 6.42. The van der Waals surface area contributed by atoms with E-state index in [1.54, 1.807) is 19.1 Å². The second-order valence-corrected chi connectivity index (χ2v) is 5.68. The Kier molecular flexibility index (Phi) is 4.59. The Bertz CT molecular complexity index is 730. The van der Waals surface area contributed by atoms with Crippen molar-refractivity contribution in [2.75, 3.05) is 6.61 Å². The molecule has 0 bridgehead atoms. The summed E-state index contributed by atoms with van der Waals surface area (Å²) in [5, 5.41) is 36.8. The van der Waals surface area contributed by atoms with Crippen LogP contribution in [0.1, 0.15) is 18.4 Å². The second-order valence-electron chi connectivity index (χ2n) is 4.60. The number of ether oxygens (including phenoxy) is 1. The van der Waals surface area contributed by atoms with Gasteiger partial charge in [0.1, 0.15) is 5.92 Å². The summed E-state index contributed by atoms with van der Waals surface area (Å²) in [6.07, 6.45) is 0. The number of hydrogen-bond acceptors (Lipinski definition) is 7. The van der Waals surface area contributed by atoms with Gasteiger partial charge in [0.25, 0.3) is 0 Å². The standard InChI is InChI=1S/C15H14N4O2S/c1-2-21-12-5-8(3-4-11(12)20)13-9(6-16)14(18)22-15(19)10(13)7-17/h3-5,9,13,18,20H,2,19H2,1H3/t9-,13+/m0/s1. The number of nitrogens with zero attached hydrogens (tertiary/aromatic N) is 2. The number of hydrogen-bond donors (Lipinski definition) is 3. The third kappa shape index (κ3) is 2.72. The minimum absolute atomic E-state index is 0.0187. The van der Waals surface area contributed by atoms with Crippen LogP contribution in [0.25, 0.3) is 0 Å². The summed E-state index contributed by atoms with van der Waals surface area (Å²) < 4.78 is 5.34. The average Bonchev–Trinajstić information content (AvgIpc) is 2.49. The van der Waals surface area contributed by atoms with Crippen LogP contribution in [0.4, 0.5) is 0 Å². The van der Waals surface area contributed by atoms with Gasteiger partial charge in [0, 0.05) is 5.92 Å². The van der Waals surface area contributed by atoms with Gasteiger partial charge in [0.2, 0.25) is 0 Å². The Balaban J connectivity index is 2.59. The molecule has 22 heavy (non-hydrogen) atoms. The van der Waals surface area contributed by atoms with Crippen molar-refractivity contribution in [3.63, 3.8) is 0 Å². The maximum absolute atomic E-state index is 9.78. The molecular weight excluding hydrogens is 300 g/mol. The van der Waals surface area contributed by atoms with Gasteiger partial charge in [-0.3, -0.25) is 5.41 Å². The first-order chi connectivity index (χ1) is 10.5. The number of nitrogens with two attached hydrogens (primary N) is 1. The number of phenols is 1. The molecular formula is C15H14N4O2S. The molecule has 6 nitrogen and oxygen atoms in total.